The fraction of sp³-hybridized carbons (Fsp3) is 0.250. The van der Waals surface area contributed by atoms with Crippen LogP contribution in [0.25, 0.3) is 11.4 Å². The highest BCUT2D eigenvalue weighted by Crippen LogP contribution is 2.44. The molecule has 0 bridgehead atoms. The average Bonchev–Trinajstić information content (AvgIpc) is 2.95. The number of carbonyl (C=O) groups is 1. The van der Waals surface area contributed by atoms with E-state index < -0.39 is 56.9 Å². The van der Waals surface area contributed by atoms with E-state index in [0.29, 0.717) is 0 Å². The maximum absolute atomic E-state index is 12.6. The summed E-state index contributed by atoms with van der Waals surface area (Å²) in [5.74, 6) is -4.69. The zero-order valence-corrected chi connectivity index (χ0v) is 12.0. The molecule has 1 N–H and O–H groups in total. The van der Waals surface area contributed by atoms with Gasteiger partial charge in [0.2, 0.25) is 11.6 Å². The number of nitrogens with zero attached hydrogens (tertiary/aromatic N) is 3. The van der Waals surface area contributed by atoms with Gasteiger partial charge >= 0.3 is 17.8 Å². The fourth-order valence-corrected chi connectivity index (χ4v) is 1.95. The van der Waals surface area contributed by atoms with E-state index in [0.717, 1.165) is 20.1 Å². The molecule has 1 aromatic heterocycles. The number of benzene rings is 1. The first-order chi connectivity index (χ1) is 11.1. The van der Waals surface area contributed by atoms with Crippen LogP contribution in [0.3, 0.4) is 0 Å². The van der Waals surface area contributed by atoms with Crippen molar-refractivity contribution in [1.29, 1.82) is 0 Å². The molecule has 2 rings (SSSR count). The van der Waals surface area contributed by atoms with Crippen molar-refractivity contribution >= 4 is 11.5 Å². The molecule has 0 fully saturated rings. The molecule has 0 unspecified atom stereocenters. The van der Waals surface area contributed by atoms with Gasteiger partial charge in [-0.2, -0.15) is 18.2 Å². The van der Waals surface area contributed by atoms with Crippen LogP contribution in [0.1, 0.15) is 23.2 Å². The number of ether oxygens (including phenoxy) is 1. The standard InChI is InChI=1S/C12H8F3N3O6/c1-4(19)7-5(10-16-11(24-17-10)12(13,14)15)3-6(23-2)9(20)8(7)18(21)22/h3,20H,1-2H3. The van der Waals surface area contributed by atoms with Gasteiger partial charge in [0.15, 0.2) is 11.5 Å². The Kier molecular flexibility index (Phi) is 4.14. The summed E-state index contributed by atoms with van der Waals surface area (Å²) in [6, 6.07) is 0.907. The van der Waals surface area contributed by atoms with Gasteiger partial charge in [0.05, 0.1) is 12.0 Å². The number of phenols is 1. The Labute approximate surface area is 130 Å². The van der Waals surface area contributed by atoms with Gasteiger partial charge < -0.3 is 14.4 Å². The quantitative estimate of drug-likeness (QED) is 0.507. The van der Waals surface area contributed by atoms with Crippen molar-refractivity contribution in [3.63, 3.8) is 0 Å². The highest BCUT2D eigenvalue weighted by molar-refractivity contribution is 6.05. The lowest BCUT2D eigenvalue weighted by molar-refractivity contribution is -0.386. The van der Waals surface area contributed by atoms with Crippen molar-refractivity contribution in [3.8, 4) is 22.9 Å². The minimum atomic E-state index is -4.94. The predicted molar refractivity (Wildman–Crippen MR) is 69.6 cm³/mol. The Morgan fingerprint density at radius 2 is 2.08 bits per heavy atom. The lowest BCUT2D eigenvalue weighted by Gasteiger charge is -2.10. The second kappa shape index (κ2) is 5.79. The lowest BCUT2D eigenvalue weighted by Crippen LogP contribution is -2.07. The molecule has 0 aliphatic carbocycles. The number of aromatic hydroxyl groups is 1. The largest absolute Gasteiger partial charge is 0.499 e. The number of halogens is 3. The zero-order chi connectivity index (χ0) is 18.2. The van der Waals surface area contributed by atoms with Crippen LogP contribution in [0.5, 0.6) is 11.5 Å². The molecule has 128 valence electrons. The fourth-order valence-electron chi connectivity index (χ4n) is 1.95. The molecule has 0 radical (unpaired) electrons. The third-order valence-corrected chi connectivity index (χ3v) is 2.90. The highest BCUT2D eigenvalue weighted by Gasteiger charge is 2.40. The lowest BCUT2D eigenvalue weighted by atomic mass is 10.00. The van der Waals surface area contributed by atoms with Crippen molar-refractivity contribution in [2.45, 2.75) is 13.1 Å². The van der Waals surface area contributed by atoms with Gasteiger partial charge in [-0.15, -0.1) is 0 Å². The first kappa shape index (κ1) is 17.2. The van der Waals surface area contributed by atoms with E-state index in [4.69, 9.17) is 4.74 Å². The van der Waals surface area contributed by atoms with E-state index in [1.807, 2.05) is 0 Å². The molecular weight excluding hydrogens is 339 g/mol. The van der Waals surface area contributed by atoms with Crippen molar-refractivity contribution in [1.82, 2.24) is 10.1 Å². The Bertz CT molecular complexity index is 830. The summed E-state index contributed by atoms with van der Waals surface area (Å²) in [5.41, 5.74) is -2.15. The monoisotopic (exact) mass is 347 g/mol. The number of carbonyl (C=O) groups excluding carboxylic acids is 1. The molecule has 1 aromatic carbocycles. The zero-order valence-electron chi connectivity index (χ0n) is 12.0. The molecule has 0 atom stereocenters. The van der Waals surface area contributed by atoms with Crippen molar-refractivity contribution < 1.29 is 37.3 Å². The van der Waals surface area contributed by atoms with Crippen LogP contribution < -0.4 is 4.74 Å². The smallest absolute Gasteiger partial charge is 0.471 e. The minimum absolute atomic E-state index is 0.442. The average molecular weight is 347 g/mol. The number of ketones is 1. The summed E-state index contributed by atoms with van der Waals surface area (Å²) in [4.78, 5) is 24.9. The number of hydrogen-bond acceptors (Lipinski definition) is 8. The molecule has 0 saturated heterocycles. The van der Waals surface area contributed by atoms with Gasteiger partial charge in [-0.05, 0) is 13.0 Å². The maximum Gasteiger partial charge on any atom is 0.471 e. The van der Waals surface area contributed by atoms with Crippen LogP contribution in [0, 0.1) is 10.1 Å². The number of Topliss-reactive ketones (excluding diaryl/α,β-unsaturated/α-hetero) is 1. The summed E-state index contributed by atoms with van der Waals surface area (Å²) in [6.45, 7) is 0.933. The van der Waals surface area contributed by atoms with Crippen LogP contribution in [0.4, 0.5) is 18.9 Å². The molecule has 0 spiro atoms. The van der Waals surface area contributed by atoms with Crippen LogP contribution in [0.2, 0.25) is 0 Å². The second-order valence-electron chi connectivity index (χ2n) is 4.43. The Hall–Kier alpha value is -3.18. The first-order valence-electron chi connectivity index (χ1n) is 6.08. The Balaban J connectivity index is 2.82. The molecule has 0 aliphatic heterocycles. The Morgan fingerprint density at radius 1 is 1.46 bits per heavy atom. The number of nitro groups is 1. The van der Waals surface area contributed by atoms with Crippen LogP contribution in [-0.2, 0) is 6.18 Å². The summed E-state index contributed by atoms with van der Waals surface area (Å²) in [5, 5.41) is 24.1. The van der Waals surface area contributed by atoms with E-state index in [1.54, 1.807) is 0 Å². The summed E-state index contributed by atoms with van der Waals surface area (Å²) in [7, 11) is 1.06. The van der Waals surface area contributed by atoms with Crippen LogP contribution in [-0.4, -0.2) is 33.1 Å². The summed E-state index contributed by atoms with van der Waals surface area (Å²) < 4.78 is 46.5. The Morgan fingerprint density at radius 3 is 2.50 bits per heavy atom. The maximum atomic E-state index is 12.6. The number of hydrogen-bond donors (Lipinski definition) is 1. The van der Waals surface area contributed by atoms with Gasteiger partial charge in [0.25, 0.3) is 0 Å². The number of aromatic nitrogens is 2. The molecule has 0 amide bonds. The predicted octanol–water partition coefficient (Wildman–Crippen LogP) is 2.58. The van der Waals surface area contributed by atoms with E-state index in [2.05, 4.69) is 14.7 Å². The van der Waals surface area contributed by atoms with Crippen molar-refractivity contribution in [3.05, 3.63) is 27.6 Å². The molecule has 2 aromatic rings. The molecule has 0 saturated carbocycles. The molecule has 1 heterocycles. The van der Waals surface area contributed by atoms with Gasteiger partial charge in [0, 0.05) is 5.56 Å². The normalized spacial score (nSPS) is 11.4. The highest BCUT2D eigenvalue weighted by atomic mass is 19.4. The summed E-state index contributed by atoms with van der Waals surface area (Å²) >= 11 is 0. The summed E-state index contributed by atoms with van der Waals surface area (Å²) in [6.07, 6.45) is -4.94. The molecule has 9 nitrogen and oxygen atoms in total. The second-order valence-corrected chi connectivity index (χ2v) is 4.43. The van der Waals surface area contributed by atoms with Gasteiger partial charge in [-0.25, -0.2) is 0 Å². The van der Waals surface area contributed by atoms with Gasteiger partial charge in [0.1, 0.15) is 5.56 Å². The molecule has 0 aliphatic rings. The van der Waals surface area contributed by atoms with E-state index in [-0.39, 0.29) is 0 Å². The van der Waals surface area contributed by atoms with E-state index in [9.17, 15) is 33.2 Å². The number of nitro benzene ring substituents is 1. The first-order valence-corrected chi connectivity index (χ1v) is 6.08. The third-order valence-electron chi connectivity index (χ3n) is 2.90. The van der Waals surface area contributed by atoms with Gasteiger partial charge in [-0.3, -0.25) is 14.9 Å². The molecule has 12 heteroatoms. The van der Waals surface area contributed by atoms with Crippen molar-refractivity contribution in [2.75, 3.05) is 7.11 Å². The van der Waals surface area contributed by atoms with Crippen molar-refractivity contribution in [2.24, 2.45) is 0 Å². The van der Waals surface area contributed by atoms with Crippen LogP contribution >= 0.6 is 0 Å². The molecular formula is C12H8F3N3O6. The minimum Gasteiger partial charge on any atom is -0.499 e. The van der Waals surface area contributed by atoms with Crippen LogP contribution in [0.15, 0.2) is 10.6 Å². The van der Waals surface area contributed by atoms with E-state index >= 15 is 0 Å². The number of alkyl halides is 3. The van der Waals surface area contributed by atoms with Gasteiger partial charge in [-0.1, -0.05) is 5.16 Å². The number of methoxy groups -OCH3 is 1. The topological polar surface area (TPSA) is 129 Å². The number of phenolic OH excluding ortho intramolecular Hbond substituents is 1. The number of rotatable bonds is 4. The SMILES string of the molecule is COc1cc(-c2noc(C(F)(F)F)n2)c(C(C)=O)c([N+](=O)[O-])c1O. The van der Waals surface area contributed by atoms with E-state index in [1.165, 1.54) is 0 Å². The third kappa shape index (κ3) is 2.85. The molecule has 24 heavy (non-hydrogen) atoms.